The van der Waals surface area contributed by atoms with Crippen molar-refractivity contribution in [2.75, 3.05) is 20.1 Å². The summed E-state index contributed by atoms with van der Waals surface area (Å²) in [5.74, 6) is 1.87. The van der Waals surface area contributed by atoms with Crippen molar-refractivity contribution < 1.29 is 0 Å². The Morgan fingerprint density at radius 3 is 2.55 bits per heavy atom. The van der Waals surface area contributed by atoms with Gasteiger partial charge < -0.3 is 10.6 Å². The smallest absolute Gasteiger partial charge is 0.190 e. The van der Waals surface area contributed by atoms with Crippen molar-refractivity contribution in [2.24, 2.45) is 10.9 Å². The van der Waals surface area contributed by atoms with Gasteiger partial charge in [0.2, 0.25) is 0 Å². The highest BCUT2D eigenvalue weighted by atomic mass is 127. The summed E-state index contributed by atoms with van der Waals surface area (Å²) >= 11 is 1.79. The molecule has 0 aromatic carbocycles. The maximum atomic E-state index is 4.54. The molecule has 1 fully saturated rings. The van der Waals surface area contributed by atoms with Crippen molar-refractivity contribution in [1.82, 2.24) is 15.6 Å². The number of nitrogens with zero attached hydrogens (tertiary/aromatic N) is 2. The van der Waals surface area contributed by atoms with Gasteiger partial charge in [0.05, 0.1) is 10.7 Å². The topological polar surface area (TPSA) is 49.3 Å². The largest absolute Gasteiger partial charge is 0.356 e. The van der Waals surface area contributed by atoms with Gasteiger partial charge in [-0.2, -0.15) is 0 Å². The van der Waals surface area contributed by atoms with Crippen LogP contribution in [0.2, 0.25) is 0 Å². The van der Waals surface area contributed by atoms with Gasteiger partial charge in [0.1, 0.15) is 0 Å². The van der Waals surface area contributed by atoms with Crippen molar-refractivity contribution in [3.8, 4) is 0 Å². The van der Waals surface area contributed by atoms with Crippen LogP contribution in [-0.2, 0) is 6.42 Å². The Labute approximate surface area is 142 Å². The summed E-state index contributed by atoms with van der Waals surface area (Å²) in [5, 5.41) is 7.92. The number of guanidine groups is 1. The number of hydrogen-bond acceptors (Lipinski definition) is 3. The first-order valence-electron chi connectivity index (χ1n) is 7.06. The van der Waals surface area contributed by atoms with E-state index in [1.807, 2.05) is 7.05 Å². The summed E-state index contributed by atoms with van der Waals surface area (Å²) in [4.78, 5) is 10.1. The summed E-state index contributed by atoms with van der Waals surface area (Å²) < 4.78 is 0. The molecule has 0 bridgehead atoms. The van der Waals surface area contributed by atoms with Gasteiger partial charge in [-0.1, -0.05) is 12.8 Å². The zero-order valence-electron chi connectivity index (χ0n) is 12.5. The van der Waals surface area contributed by atoms with Gasteiger partial charge in [-0.05, 0) is 26.2 Å². The molecule has 0 saturated heterocycles. The molecule has 0 spiro atoms. The van der Waals surface area contributed by atoms with Gasteiger partial charge in [0, 0.05) is 31.4 Å². The lowest BCUT2D eigenvalue weighted by molar-refractivity contribution is 0.684. The maximum absolute atomic E-state index is 4.54. The van der Waals surface area contributed by atoms with Crippen LogP contribution in [0.4, 0.5) is 0 Å². The van der Waals surface area contributed by atoms with E-state index in [4.69, 9.17) is 0 Å². The monoisotopic (exact) mass is 408 g/mol. The second-order valence-electron chi connectivity index (χ2n) is 5.16. The summed E-state index contributed by atoms with van der Waals surface area (Å²) in [6.45, 7) is 6.11. The van der Waals surface area contributed by atoms with Gasteiger partial charge in [-0.25, -0.2) is 4.98 Å². The van der Waals surface area contributed by atoms with Crippen LogP contribution in [0.15, 0.2) is 4.99 Å². The second-order valence-corrected chi connectivity index (χ2v) is 6.44. The molecule has 1 aliphatic carbocycles. The van der Waals surface area contributed by atoms with Crippen molar-refractivity contribution in [3.63, 3.8) is 0 Å². The van der Waals surface area contributed by atoms with Crippen LogP contribution in [0.1, 0.15) is 34.8 Å². The number of nitrogens with one attached hydrogen (secondary N) is 2. The van der Waals surface area contributed by atoms with Crippen molar-refractivity contribution in [1.29, 1.82) is 0 Å². The lowest BCUT2D eigenvalue weighted by Crippen LogP contribution is -2.38. The Balaban J connectivity index is 0.00000200. The molecule has 1 aromatic rings. The Hall–Kier alpha value is -0.370. The standard InChI is InChI=1S/C14H24N4S.HI/c1-10-11(2)19-13(18-10)7-9-17-14(15-3)16-8-6-12-4-5-12;/h12H,4-9H2,1-3H3,(H2,15,16,17);1H. The van der Waals surface area contributed by atoms with Crippen LogP contribution in [0.5, 0.6) is 0 Å². The first-order valence-corrected chi connectivity index (χ1v) is 7.88. The molecule has 2 rings (SSSR count). The highest BCUT2D eigenvalue weighted by Crippen LogP contribution is 2.31. The van der Waals surface area contributed by atoms with E-state index in [9.17, 15) is 0 Å². The van der Waals surface area contributed by atoms with Crippen molar-refractivity contribution >= 4 is 41.3 Å². The summed E-state index contributed by atoms with van der Waals surface area (Å²) in [5.41, 5.74) is 1.16. The van der Waals surface area contributed by atoms with Crippen molar-refractivity contribution in [3.05, 3.63) is 15.6 Å². The van der Waals surface area contributed by atoms with Crippen molar-refractivity contribution in [2.45, 2.75) is 39.5 Å². The number of halogens is 1. The predicted octanol–water partition coefficient (Wildman–Crippen LogP) is 2.89. The number of aromatic nitrogens is 1. The Morgan fingerprint density at radius 1 is 1.30 bits per heavy atom. The highest BCUT2D eigenvalue weighted by Gasteiger charge is 2.20. The average molecular weight is 408 g/mol. The van der Waals surface area contributed by atoms with E-state index in [1.165, 1.54) is 29.1 Å². The third-order valence-electron chi connectivity index (χ3n) is 3.47. The third kappa shape index (κ3) is 5.95. The molecule has 20 heavy (non-hydrogen) atoms. The number of aryl methyl sites for hydroxylation is 2. The van der Waals surface area contributed by atoms with Crippen LogP contribution in [0.25, 0.3) is 0 Å². The Kier molecular flexibility index (Phi) is 7.79. The van der Waals surface area contributed by atoms with Gasteiger partial charge in [-0.15, -0.1) is 35.3 Å². The molecule has 6 heteroatoms. The van der Waals surface area contributed by atoms with Gasteiger partial charge in [0.15, 0.2) is 5.96 Å². The molecule has 4 nitrogen and oxygen atoms in total. The van der Waals surface area contributed by atoms with Crippen LogP contribution >= 0.6 is 35.3 Å². The predicted molar refractivity (Wildman–Crippen MR) is 97.4 cm³/mol. The fourth-order valence-corrected chi connectivity index (χ4v) is 2.89. The molecule has 0 amide bonds. The number of thiazole rings is 1. The molecule has 0 radical (unpaired) electrons. The quantitative estimate of drug-likeness (QED) is 0.433. The molecular formula is C14H25IN4S. The lowest BCUT2D eigenvalue weighted by atomic mass is 10.3. The molecule has 0 atom stereocenters. The average Bonchev–Trinajstić information content (AvgIpc) is 3.15. The van der Waals surface area contributed by atoms with Gasteiger partial charge in [-0.3, -0.25) is 4.99 Å². The van der Waals surface area contributed by atoms with E-state index in [0.717, 1.165) is 37.1 Å². The van der Waals surface area contributed by atoms with Crippen LogP contribution < -0.4 is 10.6 Å². The molecular weight excluding hydrogens is 383 g/mol. The summed E-state index contributed by atoms with van der Waals surface area (Å²) in [7, 11) is 1.82. The zero-order chi connectivity index (χ0) is 13.7. The molecule has 0 aliphatic heterocycles. The van der Waals surface area contributed by atoms with Gasteiger partial charge >= 0.3 is 0 Å². The normalized spacial score (nSPS) is 14.8. The molecule has 0 unspecified atom stereocenters. The highest BCUT2D eigenvalue weighted by molar-refractivity contribution is 14.0. The van der Waals surface area contributed by atoms with Crippen LogP contribution in [0.3, 0.4) is 0 Å². The molecule has 114 valence electrons. The molecule has 1 aliphatic rings. The fraction of sp³-hybridized carbons (Fsp3) is 0.714. The van der Waals surface area contributed by atoms with Crippen LogP contribution in [0, 0.1) is 19.8 Å². The first kappa shape index (κ1) is 17.7. The number of aliphatic imine (C=N–C) groups is 1. The van der Waals surface area contributed by atoms with E-state index in [0.29, 0.717) is 0 Å². The first-order chi connectivity index (χ1) is 9.19. The van der Waals surface area contributed by atoms with E-state index in [-0.39, 0.29) is 24.0 Å². The number of rotatable bonds is 6. The van der Waals surface area contributed by atoms with E-state index in [2.05, 4.69) is 34.5 Å². The Morgan fingerprint density at radius 2 is 2.00 bits per heavy atom. The zero-order valence-corrected chi connectivity index (χ0v) is 15.7. The SMILES string of the molecule is CN=C(NCCc1nc(C)c(C)s1)NCCC1CC1.I. The minimum Gasteiger partial charge on any atom is -0.356 e. The fourth-order valence-electron chi connectivity index (χ4n) is 1.96. The molecule has 1 heterocycles. The second kappa shape index (κ2) is 8.81. The molecule has 1 aromatic heterocycles. The summed E-state index contributed by atoms with van der Waals surface area (Å²) in [6.07, 6.45) is 5.06. The maximum Gasteiger partial charge on any atom is 0.190 e. The van der Waals surface area contributed by atoms with E-state index in [1.54, 1.807) is 11.3 Å². The lowest BCUT2D eigenvalue weighted by Gasteiger charge is -2.10. The minimum atomic E-state index is 0. The minimum absolute atomic E-state index is 0. The van der Waals surface area contributed by atoms with E-state index >= 15 is 0 Å². The molecule has 1 saturated carbocycles. The Bertz CT molecular complexity index is 421. The van der Waals surface area contributed by atoms with Gasteiger partial charge in [0.25, 0.3) is 0 Å². The summed E-state index contributed by atoms with van der Waals surface area (Å²) in [6, 6.07) is 0. The van der Waals surface area contributed by atoms with E-state index < -0.39 is 0 Å². The number of hydrogen-bond donors (Lipinski definition) is 2. The van der Waals surface area contributed by atoms with Crippen LogP contribution in [-0.4, -0.2) is 31.1 Å². The third-order valence-corrected chi connectivity index (χ3v) is 4.60. The molecule has 2 N–H and O–H groups in total.